The monoisotopic (exact) mass is 369 g/mol. The molecular weight excluding hydrogens is 347 g/mol. The third kappa shape index (κ3) is 1.81. The molecule has 3 unspecified atom stereocenters. The van der Waals surface area contributed by atoms with E-state index in [1.54, 1.807) is 24.3 Å². The average molecular weight is 369 g/mol. The first kappa shape index (κ1) is 16.2. The fourth-order valence-electron chi connectivity index (χ4n) is 6.21. The van der Waals surface area contributed by atoms with E-state index in [0.29, 0.717) is 5.56 Å². The molecule has 4 fully saturated rings. The number of likely N-dealkylation sites (tertiary alicyclic amines) is 1. The summed E-state index contributed by atoms with van der Waals surface area (Å²) in [6, 6.07) is 17.1. The van der Waals surface area contributed by atoms with Crippen molar-refractivity contribution in [3.05, 3.63) is 59.7 Å². The highest BCUT2D eigenvalue weighted by atomic mass is 19.4. The van der Waals surface area contributed by atoms with E-state index in [-0.39, 0.29) is 0 Å². The van der Waals surface area contributed by atoms with Crippen LogP contribution in [-0.2, 0) is 12.0 Å². The maximum absolute atomic E-state index is 13.2. The van der Waals surface area contributed by atoms with E-state index in [0.717, 1.165) is 47.0 Å². The van der Waals surface area contributed by atoms with Gasteiger partial charge in [-0.25, -0.2) is 0 Å². The smallest absolute Gasteiger partial charge is 0.291 e. The Labute approximate surface area is 157 Å². The van der Waals surface area contributed by atoms with E-state index < -0.39 is 11.6 Å². The van der Waals surface area contributed by atoms with Crippen LogP contribution in [0.1, 0.15) is 31.4 Å². The average Bonchev–Trinajstić information content (AvgIpc) is 3.31. The van der Waals surface area contributed by atoms with Crippen LogP contribution in [-0.4, -0.2) is 23.2 Å². The van der Waals surface area contributed by atoms with E-state index in [9.17, 15) is 13.2 Å². The first-order valence-electron chi connectivity index (χ1n) is 9.78. The largest absolute Gasteiger partial charge is 0.397 e. The molecule has 0 bridgehead atoms. The summed E-state index contributed by atoms with van der Waals surface area (Å²) in [4.78, 5) is 2.68. The second-order valence-corrected chi connectivity index (χ2v) is 9.41. The number of alkyl halides is 3. The van der Waals surface area contributed by atoms with Gasteiger partial charge >= 0.3 is 6.18 Å². The van der Waals surface area contributed by atoms with E-state index >= 15 is 0 Å². The first-order valence-corrected chi connectivity index (χ1v) is 9.78. The summed E-state index contributed by atoms with van der Waals surface area (Å²) in [5, 5.41) is 0. The Morgan fingerprint density at radius 3 is 1.85 bits per heavy atom. The number of nitrogens with zero attached hydrogens (tertiary/aromatic N) is 1. The quantitative estimate of drug-likeness (QED) is 0.698. The van der Waals surface area contributed by atoms with Crippen LogP contribution in [0.5, 0.6) is 0 Å². The summed E-state index contributed by atoms with van der Waals surface area (Å²) in [5.74, 6) is 2.04. The Hall–Kier alpha value is -1.81. The molecule has 2 aromatic rings. The van der Waals surface area contributed by atoms with Crippen molar-refractivity contribution in [1.82, 2.24) is 4.90 Å². The van der Waals surface area contributed by atoms with Crippen molar-refractivity contribution >= 4 is 0 Å². The van der Waals surface area contributed by atoms with Crippen LogP contribution in [0.15, 0.2) is 48.5 Å². The van der Waals surface area contributed by atoms with E-state index in [1.807, 2.05) is 0 Å². The molecule has 27 heavy (non-hydrogen) atoms. The highest BCUT2D eigenvalue weighted by Crippen LogP contribution is 2.96. The number of fused-ring (bicyclic) bond motifs is 2. The lowest BCUT2D eigenvalue weighted by Crippen LogP contribution is -2.39. The van der Waals surface area contributed by atoms with Gasteiger partial charge in [0.25, 0.3) is 0 Å². The summed E-state index contributed by atoms with van der Waals surface area (Å²) < 4.78 is 39.6. The van der Waals surface area contributed by atoms with Crippen LogP contribution in [0.3, 0.4) is 0 Å². The Morgan fingerprint density at radius 1 is 0.889 bits per heavy atom. The Morgan fingerprint density at radius 2 is 1.41 bits per heavy atom. The number of benzene rings is 2. The normalized spacial score (nSPS) is 35.6. The molecule has 0 radical (unpaired) electrons. The Bertz CT molecular complexity index is 906. The molecule has 0 N–H and O–H groups in total. The fourth-order valence-corrected chi connectivity index (χ4v) is 6.21. The van der Waals surface area contributed by atoms with Crippen LogP contribution in [0.25, 0.3) is 11.1 Å². The van der Waals surface area contributed by atoms with Gasteiger partial charge < -0.3 is 0 Å². The van der Waals surface area contributed by atoms with Crippen LogP contribution < -0.4 is 0 Å². The lowest BCUT2D eigenvalue weighted by atomic mass is 9.83. The molecule has 6 rings (SSSR count). The molecule has 1 aliphatic heterocycles. The fraction of sp³-hybridized carbons (Fsp3) is 0.478. The van der Waals surface area contributed by atoms with Crippen LogP contribution >= 0.6 is 0 Å². The zero-order valence-electron chi connectivity index (χ0n) is 15.4. The first-order chi connectivity index (χ1) is 12.8. The second kappa shape index (κ2) is 4.60. The minimum Gasteiger partial charge on any atom is -0.291 e. The third-order valence-corrected chi connectivity index (χ3v) is 8.04. The predicted molar refractivity (Wildman–Crippen MR) is 98.1 cm³/mol. The molecular formula is C23H22F3N. The van der Waals surface area contributed by atoms with Gasteiger partial charge in [-0.1, -0.05) is 48.5 Å². The van der Waals surface area contributed by atoms with Crippen molar-refractivity contribution in [2.75, 3.05) is 0 Å². The number of halogens is 3. The highest BCUT2D eigenvalue weighted by Gasteiger charge is 3.01. The Balaban J connectivity index is 1.17. The minimum absolute atomic E-state index is 0.295. The van der Waals surface area contributed by atoms with E-state index in [2.05, 4.69) is 29.2 Å². The van der Waals surface area contributed by atoms with Crippen LogP contribution in [0, 0.1) is 17.3 Å². The van der Waals surface area contributed by atoms with E-state index in [1.165, 1.54) is 25.8 Å². The van der Waals surface area contributed by atoms with Crippen molar-refractivity contribution in [2.24, 2.45) is 17.3 Å². The second-order valence-electron chi connectivity index (χ2n) is 9.41. The maximum Gasteiger partial charge on any atom is 0.397 e. The molecule has 5 atom stereocenters. The van der Waals surface area contributed by atoms with Gasteiger partial charge in [0.05, 0.1) is 5.41 Å². The minimum atomic E-state index is -4.26. The van der Waals surface area contributed by atoms with Crippen molar-refractivity contribution in [1.29, 1.82) is 0 Å². The topological polar surface area (TPSA) is 3.24 Å². The number of piperidine rings is 2. The van der Waals surface area contributed by atoms with Gasteiger partial charge in [-0.3, -0.25) is 4.90 Å². The summed E-state index contributed by atoms with van der Waals surface area (Å²) in [5.41, 5.74) is 2.61. The summed E-state index contributed by atoms with van der Waals surface area (Å²) >= 11 is 0. The Kier molecular flexibility index (Phi) is 2.75. The molecule has 1 heterocycles. The molecule has 2 aromatic carbocycles. The zero-order chi connectivity index (χ0) is 18.8. The third-order valence-electron chi connectivity index (χ3n) is 8.04. The lowest BCUT2D eigenvalue weighted by molar-refractivity contribution is -0.180. The van der Waals surface area contributed by atoms with Gasteiger partial charge in [0.15, 0.2) is 0 Å². The summed E-state index contributed by atoms with van der Waals surface area (Å²) in [6.07, 6.45) is -2.78. The molecule has 4 heteroatoms. The number of hydrogen-bond donors (Lipinski definition) is 0. The van der Waals surface area contributed by atoms with Gasteiger partial charge in [-0.2, -0.15) is 13.2 Å². The van der Waals surface area contributed by atoms with Crippen LogP contribution in [0.4, 0.5) is 13.2 Å². The SMILES string of the molecule is CC(C)(c1ccc(-c2ccc(CN3C4C5C[C@@H]6[C@H]3C546)cc2)cc1)C(F)(F)F. The molecule has 1 saturated heterocycles. The lowest BCUT2D eigenvalue weighted by Gasteiger charge is -2.30. The molecule has 1 nitrogen and oxygen atoms in total. The van der Waals surface area contributed by atoms with Crippen molar-refractivity contribution in [3.8, 4) is 11.1 Å². The maximum atomic E-state index is 13.2. The number of rotatable bonds is 4. The summed E-state index contributed by atoms with van der Waals surface area (Å²) in [6.45, 7) is 3.50. The van der Waals surface area contributed by atoms with E-state index in [4.69, 9.17) is 0 Å². The molecule has 3 saturated carbocycles. The molecule has 4 aliphatic rings. The molecule has 0 aromatic heterocycles. The van der Waals surface area contributed by atoms with Crippen molar-refractivity contribution < 1.29 is 13.2 Å². The van der Waals surface area contributed by atoms with Gasteiger partial charge in [0.1, 0.15) is 0 Å². The van der Waals surface area contributed by atoms with Gasteiger partial charge in [0.2, 0.25) is 0 Å². The van der Waals surface area contributed by atoms with Crippen molar-refractivity contribution in [2.45, 2.75) is 50.5 Å². The van der Waals surface area contributed by atoms with Crippen LogP contribution in [0.2, 0.25) is 0 Å². The zero-order valence-corrected chi connectivity index (χ0v) is 15.4. The molecule has 1 spiro atoms. The molecule has 3 aliphatic carbocycles. The van der Waals surface area contributed by atoms with Gasteiger partial charge in [0, 0.05) is 24.0 Å². The van der Waals surface area contributed by atoms with Gasteiger partial charge in [-0.15, -0.1) is 0 Å². The predicted octanol–water partition coefficient (Wildman–Crippen LogP) is 5.40. The summed E-state index contributed by atoms with van der Waals surface area (Å²) in [7, 11) is 0. The van der Waals surface area contributed by atoms with Gasteiger partial charge in [-0.05, 0) is 54.4 Å². The molecule has 140 valence electrons. The number of hydrogen-bond acceptors (Lipinski definition) is 1. The van der Waals surface area contributed by atoms with Crippen molar-refractivity contribution in [3.63, 3.8) is 0 Å². The standard InChI is InChI=1S/C23H22F3N/c1-21(2,23(24,25)26)16-9-7-15(8-10-16)14-5-3-13(4-6-14)12-27-19-17-11-18-20(27)22(17,18)19/h3-10,17-20H,11-12H2,1-2H3/t17-,18?,19+,20?,22?/m1/s1. The highest BCUT2D eigenvalue weighted by molar-refractivity contribution is 5.64. The molecule has 0 amide bonds.